The van der Waals surface area contributed by atoms with Crippen molar-refractivity contribution in [2.24, 2.45) is 0 Å². The van der Waals surface area contributed by atoms with Crippen LogP contribution in [-0.4, -0.2) is 43.5 Å². The fourth-order valence-corrected chi connectivity index (χ4v) is 4.26. The van der Waals surface area contributed by atoms with E-state index >= 15 is 0 Å². The van der Waals surface area contributed by atoms with Crippen molar-refractivity contribution < 1.29 is 19.1 Å². The van der Waals surface area contributed by atoms with Crippen LogP contribution in [0.3, 0.4) is 0 Å². The first-order valence-electron chi connectivity index (χ1n) is 12.0. The van der Waals surface area contributed by atoms with E-state index in [1.807, 2.05) is 36.4 Å². The van der Waals surface area contributed by atoms with Gasteiger partial charge in [0.2, 0.25) is 11.8 Å². The summed E-state index contributed by atoms with van der Waals surface area (Å²) >= 11 is 0. The minimum Gasteiger partial charge on any atom is -0.493 e. The van der Waals surface area contributed by atoms with Gasteiger partial charge in [0.05, 0.1) is 20.6 Å². The summed E-state index contributed by atoms with van der Waals surface area (Å²) in [4.78, 5) is 28.1. The third-order valence-electron chi connectivity index (χ3n) is 6.30. The van der Waals surface area contributed by atoms with Crippen LogP contribution in [0.15, 0.2) is 60.2 Å². The average molecular weight is 465 g/mol. The van der Waals surface area contributed by atoms with Crippen LogP contribution in [0.2, 0.25) is 0 Å². The number of carbonyl (C=O) groups is 2. The topological polar surface area (TPSA) is 67.9 Å². The van der Waals surface area contributed by atoms with E-state index in [-0.39, 0.29) is 18.2 Å². The number of nitrogens with one attached hydrogen (secondary N) is 1. The molecule has 0 unspecified atom stereocenters. The first-order valence-corrected chi connectivity index (χ1v) is 12.0. The Kier molecular flexibility index (Phi) is 9.56. The van der Waals surface area contributed by atoms with E-state index < -0.39 is 6.04 Å². The number of amides is 2. The van der Waals surface area contributed by atoms with Crippen LogP contribution < -0.4 is 14.8 Å². The molecule has 1 aliphatic carbocycles. The van der Waals surface area contributed by atoms with Gasteiger partial charge in [0.25, 0.3) is 0 Å². The second-order valence-corrected chi connectivity index (χ2v) is 8.70. The molecule has 1 atom stereocenters. The first kappa shape index (κ1) is 25.3. The molecule has 2 aromatic rings. The number of hydrogen-bond acceptors (Lipinski definition) is 4. The van der Waals surface area contributed by atoms with E-state index in [2.05, 4.69) is 11.4 Å². The molecule has 2 aromatic carbocycles. The lowest BCUT2D eigenvalue weighted by molar-refractivity contribution is -0.140. The smallest absolute Gasteiger partial charge is 0.242 e. The molecular formula is C28H36N2O4. The number of carbonyl (C=O) groups excluding carboxylic acids is 2. The van der Waals surface area contributed by atoms with E-state index in [0.29, 0.717) is 24.6 Å². The van der Waals surface area contributed by atoms with Crippen LogP contribution in [0.5, 0.6) is 11.5 Å². The highest BCUT2D eigenvalue weighted by Crippen LogP contribution is 2.28. The van der Waals surface area contributed by atoms with Crippen molar-refractivity contribution >= 4 is 11.8 Å². The van der Waals surface area contributed by atoms with E-state index in [1.165, 1.54) is 18.4 Å². The second kappa shape index (κ2) is 12.8. The van der Waals surface area contributed by atoms with Crippen LogP contribution in [0.1, 0.15) is 50.2 Å². The monoisotopic (exact) mass is 464 g/mol. The number of allylic oxidation sites excluding steroid dienone is 1. The summed E-state index contributed by atoms with van der Waals surface area (Å²) in [6, 6.07) is 14.6. The van der Waals surface area contributed by atoms with Gasteiger partial charge in [-0.1, -0.05) is 48.0 Å². The molecule has 0 fully saturated rings. The van der Waals surface area contributed by atoms with Crippen molar-refractivity contribution in [3.63, 3.8) is 0 Å². The Morgan fingerprint density at radius 3 is 2.44 bits per heavy atom. The lowest BCUT2D eigenvalue weighted by Crippen LogP contribution is -2.48. The molecule has 0 saturated heterocycles. The molecule has 6 heteroatoms. The Labute approximate surface area is 202 Å². The fraction of sp³-hybridized carbons (Fsp3) is 0.429. The number of hydrogen-bond donors (Lipinski definition) is 1. The van der Waals surface area contributed by atoms with Gasteiger partial charge < -0.3 is 19.7 Å². The normalized spacial score (nSPS) is 14.0. The van der Waals surface area contributed by atoms with Crippen LogP contribution in [0.25, 0.3) is 0 Å². The molecule has 2 amide bonds. The average Bonchev–Trinajstić information content (AvgIpc) is 2.87. The molecule has 0 heterocycles. The summed E-state index contributed by atoms with van der Waals surface area (Å²) in [7, 11) is 3.15. The van der Waals surface area contributed by atoms with Crippen molar-refractivity contribution in [2.45, 2.75) is 58.0 Å². The quantitative estimate of drug-likeness (QED) is 0.491. The Hall–Kier alpha value is -3.28. The van der Waals surface area contributed by atoms with Crippen molar-refractivity contribution in [1.29, 1.82) is 0 Å². The van der Waals surface area contributed by atoms with Crippen molar-refractivity contribution in [2.75, 3.05) is 20.8 Å². The number of benzene rings is 2. The Morgan fingerprint density at radius 2 is 1.76 bits per heavy atom. The van der Waals surface area contributed by atoms with Gasteiger partial charge in [-0.05, 0) is 62.3 Å². The minimum atomic E-state index is -0.590. The molecule has 0 saturated carbocycles. The highest BCUT2D eigenvalue weighted by atomic mass is 16.5. The molecular weight excluding hydrogens is 428 g/mol. The predicted octanol–water partition coefficient (Wildman–Crippen LogP) is 4.67. The molecule has 182 valence electrons. The van der Waals surface area contributed by atoms with E-state index in [1.54, 1.807) is 38.2 Å². The number of rotatable bonds is 11. The summed E-state index contributed by atoms with van der Waals surface area (Å²) in [5, 5.41) is 3.04. The van der Waals surface area contributed by atoms with Crippen LogP contribution in [0.4, 0.5) is 0 Å². The summed E-state index contributed by atoms with van der Waals surface area (Å²) in [6.07, 6.45) is 8.07. The molecule has 0 spiro atoms. The number of ether oxygens (including phenoxy) is 2. The van der Waals surface area contributed by atoms with Gasteiger partial charge in [-0.25, -0.2) is 0 Å². The molecule has 0 bridgehead atoms. The SMILES string of the molecule is COc1ccc(CC(=O)N(Cc2ccccc2)[C@H](C)C(=O)NCCC2=CCCCC2)cc1OC. The maximum Gasteiger partial charge on any atom is 0.242 e. The maximum absolute atomic E-state index is 13.4. The third kappa shape index (κ3) is 7.11. The molecule has 0 radical (unpaired) electrons. The van der Waals surface area contributed by atoms with Gasteiger partial charge >= 0.3 is 0 Å². The van der Waals surface area contributed by atoms with Crippen molar-refractivity contribution in [1.82, 2.24) is 10.2 Å². The lowest BCUT2D eigenvalue weighted by atomic mass is 9.97. The Morgan fingerprint density at radius 1 is 1.00 bits per heavy atom. The number of methoxy groups -OCH3 is 2. The Bertz CT molecular complexity index is 987. The predicted molar refractivity (Wildman–Crippen MR) is 134 cm³/mol. The maximum atomic E-state index is 13.4. The largest absolute Gasteiger partial charge is 0.493 e. The zero-order chi connectivity index (χ0) is 24.3. The fourth-order valence-electron chi connectivity index (χ4n) is 4.26. The van der Waals surface area contributed by atoms with Gasteiger partial charge in [0, 0.05) is 13.1 Å². The van der Waals surface area contributed by atoms with Gasteiger partial charge in [-0.2, -0.15) is 0 Å². The van der Waals surface area contributed by atoms with Gasteiger partial charge in [0.15, 0.2) is 11.5 Å². The van der Waals surface area contributed by atoms with Gasteiger partial charge in [-0.15, -0.1) is 0 Å². The highest BCUT2D eigenvalue weighted by Gasteiger charge is 2.26. The molecule has 0 aromatic heterocycles. The first-order chi connectivity index (χ1) is 16.5. The number of nitrogens with zero attached hydrogens (tertiary/aromatic N) is 1. The van der Waals surface area contributed by atoms with Gasteiger partial charge in [0.1, 0.15) is 6.04 Å². The van der Waals surface area contributed by atoms with E-state index in [9.17, 15) is 9.59 Å². The molecule has 6 nitrogen and oxygen atoms in total. The molecule has 1 N–H and O–H groups in total. The van der Waals surface area contributed by atoms with Crippen LogP contribution >= 0.6 is 0 Å². The standard InChI is InChI=1S/C28H36N2O4/c1-21(28(32)29-17-16-22-10-6-4-7-11-22)30(20-23-12-8-5-9-13-23)27(31)19-24-14-15-25(33-2)26(18-24)34-3/h5,8-10,12-15,18,21H,4,6-7,11,16-17,19-20H2,1-3H3,(H,29,32)/t21-/m1/s1. The van der Waals surface area contributed by atoms with Crippen LogP contribution in [-0.2, 0) is 22.6 Å². The molecule has 3 rings (SSSR count). The third-order valence-corrected chi connectivity index (χ3v) is 6.30. The molecule has 1 aliphatic rings. The van der Waals surface area contributed by atoms with Crippen LogP contribution in [0, 0.1) is 0 Å². The molecule has 0 aliphatic heterocycles. The zero-order valence-electron chi connectivity index (χ0n) is 20.5. The lowest BCUT2D eigenvalue weighted by Gasteiger charge is -2.29. The van der Waals surface area contributed by atoms with Gasteiger partial charge in [-0.3, -0.25) is 9.59 Å². The highest BCUT2D eigenvalue weighted by molar-refractivity contribution is 5.88. The van der Waals surface area contributed by atoms with E-state index in [0.717, 1.165) is 30.4 Å². The van der Waals surface area contributed by atoms with Crippen molar-refractivity contribution in [3.8, 4) is 11.5 Å². The Balaban J connectivity index is 1.69. The zero-order valence-corrected chi connectivity index (χ0v) is 20.5. The summed E-state index contributed by atoms with van der Waals surface area (Å²) < 4.78 is 10.7. The second-order valence-electron chi connectivity index (χ2n) is 8.70. The minimum absolute atomic E-state index is 0.117. The summed E-state index contributed by atoms with van der Waals surface area (Å²) in [6.45, 7) is 2.76. The van der Waals surface area contributed by atoms with E-state index in [4.69, 9.17) is 9.47 Å². The van der Waals surface area contributed by atoms with Crippen molar-refractivity contribution in [3.05, 3.63) is 71.3 Å². The molecule has 34 heavy (non-hydrogen) atoms. The summed E-state index contributed by atoms with van der Waals surface area (Å²) in [5.41, 5.74) is 3.21. The summed E-state index contributed by atoms with van der Waals surface area (Å²) in [5.74, 6) is 0.938.